The van der Waals surface area contributed by atoms with E-state index in [0.717, 1.165) is 37.0 Å². The summed E-state index contributed by atoms with van der Waals surface area (Å²) in [6, 6.07) is 0.390. The Balaban J connectivity index is 1.53. The van der Waals surface area contributed by atoms with Gasteiger partial charge in [0, 0.05) is 6.04 Å². The Hall–Kier alpha value is 0.430. The van der Waals surface area contributed by atoms with E-state index in [2.05, 4.69) is 51.0 Å². The quantitative estimate of drug-likeness (QED) is 0.564. The lowest BCUT2D eigenvalue weighted by molar-refractivity contribution is -0.131. The van der Waals surface area contributed by atoms with Gasteiger partial charge >= 0.3 is 0 Å². The molecule has 0 aromatic carbocycles. The third-order valence-electron chi connectivity index (χ3n) is 7.47. The van der Waals surface area contributed by atoms with Crippen LogP contribution < -0.4 is 5.32 Å². The van der Waals surface area contributed by atoms with E-state index in [4.69, 9.17) is 0 Å². The van der Waals surface area contributed by atoms with E-state index >= 15 is 0 Å². The van der Waals surface area contributed by atoms with Crippen LogP contribution in [-0.2, 0) is 4.79 Å². The second-order valence-corrected chi connectivity index (χ2v) is 13.1. The molecule has 0 spiro atoms. The Kier molecular flexibility index (Phi) is 4.01. The number of alkyl halides is 2. The van der Waals surface area contributed by atoms with Crippen molar-refractivity contribution in [1.82, 2.24) is 5.32 Å². The molecule has 0 saturated heterocycles. The first-order valence-corrected chi connectivity index (χ1v) is 11.1. The Morgan fingerprint density at radius 1 is 1.13 bits per heavy atom. The van der Waals surface area contributed by atoms with E-state index in [0.29, 0.717) is 11.5 Å². The van der Waals surface area contributed by atoms with Gasteiger partial charge in [-0.15, -0.1) is 0 Å². The Labute approximate surface area is 157 Å². The molecule has 0 aromatic heterocycles. The number of rotatable bonds is 5. The molecule has 0 aromatic rings. The number of carbonyl (C=O) groups is 1. The molecule has 0 heterocycles. The second-order valence-electron chi connectivity index (χ2n) is 9.31. The summed E-state index contributed by atoms with van der Waals surface area (Å²) in [6.07, 6.45) is 11.7. The third kappa shape index (κ3) is 2.65. The maximum Gasteiger partial charge on any atom is 0.228 e. The molecule has 5 fully saturated rings. The van der Waals surface area contributed by atoms with Gasteiger partial charge in [0.2, 0.25) is 5.91 Å². The fourth-order valence-electron chi connectivity index (χ4n) is 6.39. The van der Waals surface area contributed by atoms with Gasteiger partial charge in [0.25, 0.3) is 0 Å². The predicted octanol–water partition coefficient (Wildman–Crippen LogP) is 5.38. The minimum atomic E-state index is -0.290. The zero-order chi connectivity index (χ0) is 16.5. The Morgan fingerprint density at radius 2 is 1.61 bits per heavy atom. The van der Waals surface area contributed by atoms with Crippen molar-refractivity contribution in [2.75, 3.05) is 0 Å². The molecule has 5 rings (SSSR count). The number of hydrogen-bond donors (Lipinski definition) is 1. The summed E-state index contributed by atoms with van der Waals surface area (Å²) >= 11 is 7.32. The van der Waals surface area contributed by atoms with Crippen molar-refractivity contribution in [3.63, 3.8) is 0 Å². The summed E-state index contributed by atoms with van der Waals surface area (Å²) in [5, 5.41) is 3.53. The van der Waals surface area contributed by atoms with Crippen LogP contribution in [0.3, 0.4) is 0 Å². The lowest BCUT2D eigenvalue weighted by Crippen LogP contribution is -2.57. The fraction of sp³-hybridized carbons (Fsp3) is 0.947. The van der Waals surface area contributed by atoms with Crippen LogP contribution in [0.25, 0.3) is 0 Å². The smallest absolute Gasteiger partial charge is 0.228 e. The van der Waals surface area contributed by atoms with Gasteiger partial charge in [-0.3, -0.25) is 4.79 Å². The maximum absolute atomic E-state index is 12.9. The van der Waals surface area contributed by atoms with Crippen molar-refractivity contribution < 1.29 is 4.79 Å². The number of amides is 1. The molecule has 0 aliphatic heterocycles. The van der Waals surface area contributed by atoms with Crippen molar-refractivity contribution in [2.45, 2.75) is 80.9 Å². The fourth-order valence-corrected chi connectivity index (χ4v) is 7.87. The van der Waals surface area contributed by atoms with Crippen molar-refractivity contribution in [2.24, 2.45) is 28.6 Å². The highest BCUT2D eigenvalue weighted by Gasteiger charge is 2.67. The minimum absolute atomic E-state index is 0.185. The zero-order valence-electron chi connectivity index (χ0n) is 14.3. The molecule has 5 aliphatic rings. The zero-order valence-corrected chi connectivity index (χ0v) is 17.5. The molecule has 4 heteroatoms. The van der Waals surface area contributed by atoms with E-state index in [9.17, 15) is 4.79 Å². The van der Waals surface area contributed by atoms with E-state index in [1.165, 1.54) is 38.5 Å². The summed E-state index contributed by atoms with van der Waals surface area (Å²) in [5.41, 5.74) is 0.119. The Morgan fingerprint density at radius 3 is 2.00 bits per heavy atom. The van der Waals surface area contributed by atoms with Gasteiger partial charge in [-0.05, 0) is 81.5 Å². The highest BCUT2D eigenvalue weighted by Crippen LogP contribution is 2.67. The average molecular weight is 447 g/mol. The van der Waals surface area contributed by atoms with Gasteiger partial charge in [0.1, 0.15) is 0 Å². The van der Waals surface area contributed by atoms with Crippen LogP contribution in [0.15, 0.2) is 0 Å². The van der Waals surface area contributed by atoms with E-state index in [-0.39, 0.29) is 14.6 Å². The number of halogens is 2. The summed E-state index contributed by atoms with van der Waals surface area (Å²) in [4.78, 5) is 12.9. The monoisotopic (exact) mass is 445 g/mol. The molecule has 2 atom stereocenters. The standard InChI is InChI=1S/C19H29Br2NO/c1-3-4-15(22-16(23)17(2)11-19(17,20)21)18-8-12-5-13(9-18)7-14(6-12)10-18/h12-15H,3-11H2,1-2H3,(H,22,23)/t12?,13?,14?,15-,17+,18?/m0/s1. The van der Waals surface area contributed by atoms with Gasteiger partial charge in [0.05, 0.1) is 8.65 Å². The van der Waals surface area contributed by atoms with Crippen LogP contribution >= 0.6 is 31.9 Å². The highest BCUT2D eigenvalue weighted by molar-refractivity contribution is 9.25. The Bertz CT molecular complexity index is 482. The summed E-state index contributed by atoms with van der Waals surface area (Å²) in [5.74, 6) is 3.09. The summed E-state index contributed by atoms with van der Waals surface area (Å²) in [7, 11) is 0. The third-order valence-corrected chi connectivity index (χ3v) is 9.78. The van der Waals surface area contributed by atoms with Crippen LogP contribution in [0.2, 0.25) is 0 Å². The molecular weight excluding hydrogens is 418 g/mol. The first kappa shape index (κ1) is 16.9. The lowest BCUT2D eigenvalue weighted by atomic mass is 9.47. The molecule has 5 aliphatic carbocycles. The summed E-state index contributed by atoms with van der Waals surface area (Å²) in [6.45, 7) is 4.34. The summed E-state index contributed by atoms with van der Waals surface area (Å²) < 4.78 is -0.185. The molecule has 130 valence electrons. The maximum atomic E-state index is 12.9. The largest absolute Gasteiger partial charge is 0.352 e. The van der Waals surface area contributed by atoms with Gasteiger partial charge in [-0.1, -0.05) is 45.2 Å². The van der Waals surface area contributed by atoms with Gasteiger partial charge in [0.15, 0.2) is 0 Å². The molecule has 4 bridgehead atoms. The van der Waals surface area contributed by atoms with Crippen LogP contribution in [0, 0.1) is 28.6 Å². The van der Waals surface area contributed by atoms with Crippen molar-refractivity contribution in [3.8, 4) is 0 Å². The first-order chi connectivity index (χ1) is 10.8. The van der Waals surface area contributed by atoms with Crippen LogP contribution in [0.4, 0.5) is 0 Å². The minimum Gasteiger partial charge on any atom is -0.352 e. The van der Waals surface area contributed by atoms with E-state index in [1.807, 2.05) is 0 Å². The molecule has 1 N–H and O–H groups in total. The number of nitrogens with one attached hydrogen (secondary N) is 1. The molecular formula is C19H29Br2NO. The molecule has 0 radical (unpaired) electrons. The highest BCUT2D eigenvalue weighted by atomic mass is 79.9. The van der Waals surface area contributed by atoms with E-state index in [1.54, 1.807) is 0 Å². The van der Waals surface area contributed by atoms with Crippen LogP contribution in [0.5, 0.6) is 0 Å². The van der Waals surface area contributed by atoms with Crippen molar-refractivity contribution >= 4 is 37.8 Å². The van der Waals surface area contributed by atoms with Gasteiger partial charge in [-0.2, -0.15) is 0 Å². The predicted molar refractivity (Wildman–Crippen MR) is 101 cm³/mol. The lowest BCUT2D eigenvalue weighted by Gasteiger charge is -2.59. The molecule has 23 heavy (non-hydrogen) atoms. The normalized spacial score (nSPS) is 47.4. The number of hydrogen-bond acceptors (Lipinski definition) is 1. The van der Waals surface area contributed by atoms with Crippen molar-refractivity contribution in [1.29, 1.82) is 0 Å². The number of carbonyl (C=O) groups excluding carboxylic acids is 1. The van der Waals surface area contributed by atoms with Crippen LogP contribution in [-0.4, -0.2) is 15.2 Å². The molecule has 0 unspecified atom stereocenters. The SMILES string of the molecule is CCC[C@H](NC(=O)[C@@]1(C)CC1(Br)Br)C12CC3CC(CC(C3)C1)C2. The van der Waals surface area contributed by atoms with Crippen molar-refractivity contribution in [3.05, 3.63) is 0 Å². The molecule has 5 saturated carbocycles. The first-order valence-electron chi connectivity index (χ1n) is 9.47. The van der Waals surface area contributed by atoms with E-state index < -0.39 is 0 Å². The van der Waals surface area contributed by atoms with Gasteiger partial charge in [-0.25, -0.2) is 0 Å². The molecule has 1 amide bonds. The van der Waals surface area contributed by atoms with Gasteiger partial charge < -0.3 is 5.32 Å². The molecule has 2 nitrogen and oxygen atoms in total. The topological polar surface area (TPSA) is 29.1 Å². The van der Waals surface area contributed by atoms with Crippen LogP contribution in [0.1, 0.15) is 71.6 Å². The second kappa shape index (κ2) is 5.46. The average Bonchev–Trinajstić information content (AvgIpc) is 2.97.